The first-order valence-electron chi connectivity index (χ1n) is 3.32. The zero-order valence-electron chi connectivity index (χ0n) is 6.39. The van der Waals surface area contributed by atoms with Crippen molar-refractivity contribution in [3.8, 4) is 0 Å². The van der Waals surface area contributed by atoms with Gasteiger partial charge in [0.25, 0.3) is 0 Å². The van der Waals surface area contributed by atoms with Crippen LogP contribution in [-0.2, 0) is 19.4 Å². The van der Waals surface area contributed by atoms with Gasteiger partial charge in [-0.1, -0.05) is 0 Å². The number of carbonyl (C=O) groups is 1. The Labute approximate surface area is 70.7 Å². The molecule has 1 amide bonds. The number of carbonyl (C=O) groups excluding carboxylic acids is 1. The van der Waals surface area contributed by atoms with Crippen LogP contribution in [0.4, 0.5) is 0 Å². The van der Waals surface area contributed by atoms with E-state index in [2.05, 4.69) is 4.18 Å². The molecule has 0 saturated carbocycles. The van der Waals surface area contributed by atoms with Crippen LogP contribution < -0.4 is 5.73 Å². The lowest BCUT2D eigenvalue weighted by Gasteiger charge is -1.97. The Morgan fingerprint density at radius 2 is 2.00 bits per heavy atom. The molecule has 0 atom stereocenters. The van der Waals surface area contributed by atoms with Crippen molar-refractivity contribution in [3.05, 3.63) is 0 Å². The summed E-state index contributed by atoms with van der Waals surface area (Å²) in [5.41, 5.74) is 4.81. The van der Waals surface area contributed by atoms with Crippen LogP contribution in [0.25, 0.3) is 0 Å². The number of unbranched alkanes of at least 4 members (excludes halogenated alkanes) is 1. The Balaban J connectivity index is 3.29. The van der Waals surface area contributed by atoms with Crippen molar-refractivity contribution in [3.63, 3.8) is 0 Å². The lowest BCUT2D eigenvalue weighted by Crippen LogP contribution is -2.10. The maximum Gasteiger partial charge on any atom is 0.397 e. The quantitative estimate of drug-likeness (QED) is 0.439. The van der Waals surface area contributed by atoms with Gasteiger partial charge in [0, 0.05) is 6.42 Å². The summed E-state index contributed by atoms with van der Waals surface area (Å²) in [6.07, 6.45) is 1.00. The van der Waals surface area contributed by atoms with Crippen molar-refractivity contribution in [1.29, 1.82) is 0 Å². The van der Waals surface area contributed by atoms with Crippen molar-refractivity contribution in [2.75, 3.05) is 6.61 Å². The molecule has 0 aromatic heterocycles. The molecule has 72 valence electrons. The highest BCUT2D eigenvalue weighted by Gasteiger charge is 2.03. The number of nitrogens with two attached hydrogens (primary N) is 1. The topological polar surface area (TPSA) is 107 Å². The van der Waals surface area contributed by atoms with E-state index in [1.165, 1.54) is 0 Å². The summed E-state index contributed by atoms with van der Waals surface area (Å²) in [5, 5.41) is 0. The molecule has 3 N–H and O–H groups in total. The molecule has 7 heteroatoms. The highest BCUT2D eigenvalue weighted by molar-refractivity contribution is 7.80. The van der Waals surface area contributed by atoms with E-state index < -0.39 is 16.3 Å². The normalized spacial score (nSPS) is 11.4. The van der Waals surface area contributed by atoms with Gasteiger partial charge in [0.2, 0.25) is 5.91 Å². The summed E-state index contributed by atoms with van der Waals surface area (Å²) in [6, 6.07) is 0. The largest absolute Gasteiger partial charge is 0.397 e. The van der Waals surface area contributed by atoms with Crippen LogP contribution in [0.1, 0.15) is 19.3 Å². The monoisotopic (exact) mass is 197 g/mol. The minimum atomic E-state index is -4.34. The van der Waals surface area contributed by atoms with E-state index in [-0.39, 0.29) is 13.0 Å². The number of hydrogen-bond acceptors (Lipinski definition) is 4. The summed E-state index contributed by atoms with van der Waals surface area (Å²) >= 11 is 0. The molecular formula is C5H11NO5S. The van der Waals surface area contributed by atoms with Crippen molar-refractivity contribution < 1.29 is 21.9 Å². The van der Waals surface area contributed by atoms with Crippen molar-refractivity contribution >= 4 is 16.3 Å². The SMILES string of the molecule is NC(=O)CCCCOS(=O)(=O)O. The molecule has 0 radical (unpaired) electrons. The highest BCUT2D eigenvalue weighted by Crippen LogP contribution is 1.96. The average Bonchev–Trinajstić information content (AvgIpc) is 1.83. The lowest BCUT2D eigenvalue weighted by atomic mass is 10.2. The standard InChI is InChI=1S/C5H11NO5S/c6-5(7)3-1-2-4-11-12(8,9)10/h1-4H2,(H2,6,7)(H,8,9,10). The third kappa shape index (κ3) is 9.34. The van der Waals surface area contributed by atoms with Crippen LogP contribution in [0, 0.1) is 0 Å². The molecule has 0 fully saturated rings. The predicted molar refractivity (Wildman–Crippen MR) is 40.5 cm³/mol. The van der Waals surface area contributed by atoms with Gasteiger partial charge in [0.1, 0.15) is 0 Å². The fourth-order valence-electron chi connectivity index (χ4n) is 0.566. The Morgan fingerprint density at radius 3 is 2.42 bits per heavy atom. The van der Waals surface area contributed by atoms with E-state index in [4.69, 9.17) is 10.3 Å². The van der Waals surface area contributed by atoms with Gasteiger partial charge in [-0.25, -0.2) is 4.18 Å². The lowest BCUT2D eigenvalue weighted by molar-refractivity contribution is -0.118. The molecule has 0 aliphatic heterocycles. The van der Waals surface area contributed by atoms with E-state index in [9.17, 15) is 13.2 Å². The van der Waals surface area contributed by atoms with Crippen LogP contribution in [-0.4, -0.2) is 25.5 Å². The van der Waals surface area contributed by atoms with E-state index in [1.807, 2.05) is 0 Å². The summed E-state index contributed by atoms with van der Waals surface area (Å²) in [6.45, 7) is -0.133. The Morgan fingerprint density at radius 1 is 1.42 bits per heavy atom. The molecule has 0 aromatic carbocycles. The molecule has 0 heterocycles. The van der Waals surface area contributed by atoms with Gasteiger partial charge in [0.15, 0.2) is 0 Å². The van der Waals surface area contributed by atoms with Gasteiger partial charge in [-0.15, -0.1) is 0 Å². The molecule has 6 nitrogen and oxygen atoms in total. The van der Waals surface area contributed by atoms with Gasteiger partial charge >= 0.3 is 10.4 Å². The second-order valence-electron chi connectivity index (χ2n) is 2.17. The molecule has 0 aliphatic rings. The Hall–Kier alpha value is -0.660. The van der Waals surface area contributed by atoms with Gasteiger partial charge in [0.05, 0.1) is 6.61 Å². The second kappa shape index (κ2) is 5.07. The summed E-state index contributed by atoms with van der Waals surface area (Å²) in [4.78, 5) is 10.2. The van der Waals surface area contributed by atoms with E-state index >= 15 is 0 Å². The first-order chi connectivity index (χ1) is 5.42. The minimum absolute atomic E-state index is 0.133. The van der Waals surface area contributed by atoms with Gasteiger partial charge < -0.3 is 5.73 Å². The van der Waals surface area contributed by atoms with Crippen LogP contribution in [0.3, 0.4) is 0 Å². The molecule has 0 unspecified atom stereocenters. The third-order valence-corrected chi connectivity index (χ3v) is 1.51. The van der Waals surface area contributed by atoms with E-state index in [0.717, 1.165) is 0 Å². The van der Waals surface area contributed by atoms with Crippen molar-refractivity contribution in [2.24, 2.45) is 5.73 Å². The van der Waals surface area contributed by atoms with E-state index in [1.54, 1.807) is 0 Å². The second-order valence-corrected chi connectivity index (χ2v) is 3.26. The molecular weight excluding hydrogens is 186 g/mol. The molecule has 12 heavy (non-hydrogen) atoms. The zero-order valence-corrected chi connectivity index (χ0v) is 7.21. The van der Waals surface area contributed by atoms with Gasteiger partial charge in [-0.05, 0) is 12.8 Å². The van der Waals surface area contributed by atoms with Gasteiger partial charge in [-0.2, -0.15) is 8.42 Å². The molecule has 0 bridgehead atoms. The maximum atomic E-state index is 10.2. The Kier molecular flexibility index (Phi) is 4.79. The van der Waals surface area contributed by atoms with Gasteiger partial charge in [-0.3, -0.25) is 9.35 Å². The first kappa shape index (κ1) is 11.3. The number of primary amides is 1. The Bertz CT molecular complexity index is 234. The zero-order chi connectivity index (χ0) is 9.61. The van der Waals surface area contributed by atoms with Crippen LogP contribution in [0.15, 0.2) is 0 Å². The summed E-state index contributed by atoms with van der Waals surface area (Å²) in [7, 11) is -4.34. The predicted octanol–water partition coefficient (Wildman–Crippen LogP) is -0.539. The first-order valence-corrected chi connectivity index (χ1v) is 4.68. The molecule has 0 aromatic rings. The van der Waals surface area contributed by atoms with Crippen molar-refractivity contribution in [1.82, 2.24) is 0 Å². The molecule has 0 saturated heterocycles. The fraction of sp³-hybridized carbons (Fsp3) is 0.800. The summed E-state index contributed by atoms with van der Waals surface area (Å²) in [5.74, 6) is -0.443. The van der Waals surface area contributed by atoms with E-state index in [0.29, 0.717) is 12.8 Å². The number of amides is 1. The third-order valence-electron chi connectivity index (χ3n) is 1.05. The van der Waals surface area contributed by atoms with Crippen LogP contribution >= 0.6 is 0 Å². The maximum absolute atomic E-state index is 10.2. The highest BCUT2D eigenvalue weighted by atomic mass is 32.3. The molecule has 0 rings (SSSR count). The molecule has 0 spiro atoms. The number of rotatable bonds is 6. The number of hydrogen-bond donors (Lipinski definition) is 2. The fourth-order valence-corrected chi connectivity index (χ4v) is 0.894. The van der Waals surface area contributed by atoms with Crippen LogP contribution in [0.5, 0.6) is 0 Å². The van der Waals surface area contributed by atoms with Crippen molar-refractivity contribution in [2.45, 2.75) is 19.3 Å². The smallest absolute Gasteiger partial charge is 0.370 e. The van der Waals surface area contributed by atoms with Crippen LogP contribution in [0.2, 0.25) is 0 Å². The minimum Gasteiger partial charge on any atom is -0.370 e. The average molecular weight is 197 g/mol. The summed E-state index contributed by atoms with van der Waals surface area (Å²) < 4.78 is 32.0. The molecule has 0 aliphatic carbocycles.